The Morgan fingerprint density at radius 2 is 2.29 bits per heavy atom. The van der Waals surface area contributed by atoms with E-state index < -0.39 is 0 Å². The van der Waals surface area contributed by atoms with Crippen molar-refractivity contribution in [3.8, 4) is 0 Å². The molecule has 0 unspecified atom stereocenters. The Balaban J connectivity index is 2.44. The van der Waals surface area contributed by atoms with E-state index in [4.69, 9.17) is 16.7 Å². The summed E-state index contributed by atoms with van der Waals surface area (Å²) in [5.41, 5.74) is 1.70. The number of fused-ring (bicyclic) bond motifs is 1. The van der Waals surface area contributed by atoms with Gasteiger partial charge in [0.1, 0.15) is 0 Å². The van der Waals surface area contributed by atoms with Crippen molar-refractivity contribution in [2.24, 2.45) is 0 Å². The first-order valence-electron chi connectivity index (χ1n) is 4.42. The van der Waals surface area contributed by atoms with Crippen LogP contribution < -0.4 is 4.90 Å². The van der Waals surface area contributed by atoms with Crippen LogP contribution in [0, 0.1) is 0 Å². The Bertz CT molecular complexity index is 378. The van der Waals surface area contributed by atoms with Crippen molar-refractivity contribution in [1.29, 1.82) is 0 Å². The molecule has 1 aromatic rings. The van der Waals surface area contributed by atoms with Crippen LogP contribution in [0.1, 0.15) is 5.56 Å². The van der Waals surface area contributed by atoms with Crippen LogP contribution in [0.15, 0.2) is 18.2 Å². The van der Waals surface area contributed by atoms with E-state index >= 15 is 0 Å². The van der Waals surface area contributed by atoms with E-state index in [1.807, 2.05) is 12.1 Å². The van der Waals surface area contributed by atoms with Crippen molar-refractivity contribution >= 4 is 23.2 Å². The van der Waals surface area contributed by atoms with Crippen LogP contribution in [0.3, 0.4) is 0 Å². The summed E-state index contributed by atoms with van der Waals surface area (Å²) in [6, 6.07) is 5.47. The summed E-state index contributed by atoms with van der Waals surface area (Å²) < 4.78 is 0. The number of rotatable bonds is 2. The van der Waals surface area contributed by atoms with Gasteiger partial charge in [0.25, 0.3) is 0 Å². The van der Waals surface area contributed by atoms with Crippen LogP contribution in [-0.4, -0.2) is 24.2 Å². The third-order valence-corrected chi connectivity index (χ3v) is 2.61. The molecule has 0 spiro atoms. The van der Waals surface area contributed by atoms with E-state index in [1.165, 1.54) is 4.90 Å². The number of carbonyl (C=O) groups is 1. The van der Waals surface area contributed by atoms with Crippen molar-refractivity contribution in [1.82, 2.24) is 0 Å². The number of anilines is 1. The van der Waals surface area contributed by atoms with Crippen LogP contribution in [0.4, 0.5) is 5.69 Å². The van der Waals surface area contributed by atoms with Gasteiger partial charge in [-0.3, -0.25) is 4.79 Å². The molecule has 0 saturated carbocycles. The number of aliphatic hydroxyl groups excluding tert-OH is 1. The second-order valence-electron chi connectivity index (χ2n) is 3.19. The summed E-state index contributed by atoms with van der Waals surface area (Å²) in [5.74, 6) is 0.00199. The van der Waals surface area contributed by atoms with Gasteiger partial charge in [0.05, 0.1) is 23.7 Å². The van der Waals surface area contributed by atoms with E-state index in [1.54, 1.807) is 6.07 Å². The van der Waals surface area contributed by atoms with Crippen molar-refractivity contribution in [3.63, 3.8) is 0 Å². The first kappa shape index (κ1) is 9.49. The Labute approximate surface area is 86.9 Å². The van der Waals surface area contributed by atoms with Crippen LogP contribution in [0.25, 0.3) is 0 Å². The minimum Gasteiger partial charge on any atom is -0.395 e. The molecule has 1 heterocycles. The predicted octanol–water partition coefficient (Wildman–Crippen LogP) is 1.22. The Morgan fingerprint density at radius 3 is 3.00 bits per heavy atom. The zero-order valence-electron chi connectivity index (χ0n) is 7.53. The van der Waals surface area contributed by atoms with E-state index in [0.717, 1.165) is 11.3 Å². The fourth-order valence-electron chi connectivity index (χ4n) is 1.72. The molecular formula is C10H10ClNO2. The smallest absolute Gasteiger partial charge is 0.231 e. The number of hydrogen-bond donors (Lipinski definition) is 1. The summed E-state index contributed by atoms with van der Waals surface area (Å²) in [7, 11) is 0. The minimum absolute atomic E-state index is 0.00199. The second-order valence-corrected chi connectivity index (χ2v) is 3.60. The normalized spacial score (nSPS) is 14.7. The van der Waals surface area contributed by atoms with Crippen LogP contribution in [0.2, 0.25) is 5.02 Å². The van der Waals surface area contributed by atoms with Crippen molar-refractivity contribution in [2.75, 3.05) is 18.1 Å². The fraction of sp³-hybridized carbons (Fsp3) is 0.300. The van der Waals surface area contributed by atoms with E-state index in [0.29, 0.717) is 18.0 Å². The molecule has 1 aromatic carbocycles. The first-order chi connectivity index (χ1) is 6.74. The lowest BCUT2D eigenvalue weighted by Gasteiger charge is -2.16. The van der Waals surface area contributed by atoms with Crippen LogP contribution >= 0.6 is 11.6 Å². The molecule has 1 amide bonds. The van der Waals surface area contributed by atoms with Crippen molar-refractivity contribution in [2.45, 2.75) is 6.42 Å². The highest BCUT2D eigenvalue weighted by molar-refractivity contribution is 6.34. The Morgan fingerprint density at radius 1 is 1.50 bits per heavy atom. The molecule has 0 radical (unpaired) electrons. The first-order valence-corrected chi connectivity index (χ1v) is 4.80. The van der Waals surface area contributed by atoms with Gasteiger partial charge in [-0.2, -0.15) is 0 Å². The quantitative estimate of drug-likeness (QED) is 0.799. The molecule has 0 saturated heterocycles. The standard InChI is InChI=1S/C10H10ClNO2/c11-8-3-1-2-7-6-9(14)12(4-5-13)10(7)8/h1-3,13H,4-6H2. The maximum Gasteiger partial charge on any atom is 0.231 e. The van der Waals surface area contributed by atoms with Gasteiger partial charge in [-0.05, 0) is 11.6 Å². The third kappa shape index (κ3) is 1.38. The maximum atomic E-state index is 11.5. The van der Waals surface area contributed by atoms with Gasteiger partial charge in [-0.25, -0.2) is 0 Å². The number of para-hydroxylation sites is 1. The SMILES string of the molecule is O=C1Cc2cccc(Cl)c2N1CCO. The number of benzene rings is 1. The number of nitrogens with zero attached hydrogens (tertiary/aromatic N) is 1. The molecule has 1 aliphatic heterocycles. The number of aliphatic hydroxyl groups is 1. The molecule has 0 aromatic heterocycles. The lowest BCUT2D eigenvalue weighted by molar-refractivity contribution is -0.117. The molecule has 1 aliphatic rings. The summed E-state index contributed by atoms with van der Waals surface area (Å²) >= 11 is 5.99. The molecule has 0 bridgehead atoms. The molecule has 0 atom stereocenters. The fourth-order valence-corrected chi connectivity index (χ4v) is 2.02. The second kappa shape index (κ2) is 3.59. The highest BCUT2D eigenvalue weighted by atomic mass is 35.5. The molecule has 0 aliphatic carbocycles. The number of halogens is 1. The molecule has 14 heavy (non-hydrogen) atoms. The molecule has 0 fully saturated rings. The lowest BCUT2D eigenvalue weighted by atomic mass is 10.2. The van der Waals surface area contributed by atoms with Crippen LogP contribution in [0.5, 0.6) is 0 Å². The van der Waals surface area contributed by atoms with Crippen LogP contribution in [-0.2, 0) is 11.2 Å². The molecule has 2 rings (SSSR count). The number of amides is 1. The third-order valence-electron chi connectivity index (χ3n) is 2.31. The van der Waals surface area contributed by atoms with Gasteiger partial charge in [0, 0.05) is 6.54 Å². The molecule has 74 valence electrons. The summed E-state index contributed by atoms with van der Waals surface area (Å²) in [6.45, 7) is 0.270. The average Bonchev–Trinajstić information content (AvgIpc) is 2.45. The molecular weight excluding hydrogens is 202 g/mol. The van der Waals surface area contributed by atoms with Gasteiger partial charge < -0.3 is 10.0 Å². The summed E-state index contributed by atoms with van der Waals surface area (Å²) in [4.78, 5) is 13.1. The predicted molar refractivity (Wildman–Crippen MR) is 54.6 cm³/mol. The maximum absolute atomic E-state index is 11.5. The zero-order valence-corrected chi connectivity index (χ0v) is 8.29. The van der Waals surface area contributed by atoms with Crippen molar-refractivity contribution in [3.05, 3.63) is 28.8 Å². The number of β-amino-alcohol motifs (C(OH)–C–C–N with tert-alkyl or cyclic N) is 1. The Kier molecular flexibility index (Phi) is 2.44. The van der Waals surface area contributed by atoms with E-state index in [-0.39, 0.29) is 12.5 Å². The molecule has 4 heteroatoms. The van der Waals surface area contributed by atoms with Gasteiger partial charge in [-0.15, -0.1) is 0 Å². The number of hydrogen-bond acceptors (Lipinski definition) is 2. The van der Waals surface area contributed by atoms with Gasteiger partial charge >= 0.3 is 0 Å². The van der Waals surface area contributed by atoms with Gasteiger partial charge in [-0.1, -0.05) is 23.7 Å². The van der Waals surface area contributed by atoms with Gasteiger partial charge in [0.15, 0.2) is 0 Å². The van der Waals surface area contributed by atoms with Gasteiger partial charge in [0.2, 0.25) is 5.91 Å². The monoisotopic (exact) mass is 211 g/mol. The molecule has 3 nitrogen and oxygen atoms in total. The van der Waals surface area contributed by atoms with Crippen molar-refractivity contribution < 1.29 is 9.90 Å². The minimum atomic E-state index is -0.0452. The van der Waals surface area contributed by atoms with E-state index in [2.05, 4.69) is 0 Å². The number of carbonyl (C=O) groups excluding carboxylic acids is 1. The molecule has 1 N–H and O–H groups in total. The Hall–Kier alpha value is -1.06. The topological polar surface area (TPSA) is 40.5 Å². The average molecular weight is 212 g/mol. The van der Waals surface area contributed by atoms with E-state index in [9.17, 15) is 4.79 Å². The largest absolute Gasteiger partial charge is 0.395 e. The highest BCUT2D eigenvalue weighted by Crippen LogP contribution is 2.35. The zero-order chi connectivity index (χ0) is 10.1. The highest BCUT2D eigenvalue weighted by Gasteiger charge is 2.28. The summed E-state index contributed by atoms with van der Waals surface area (Å²) in [5, 5.41) is 9.40. The lowest BCUT2D eigenvalue weighted by Crippen LogP contribution is -2.29. The summed E-state index contributed by atoms with van der Waals surface area (Å²) in [6.07, 6.45) is 0.385.